The first-order chi connectivity index (χ1) is 19.9. The molecule has 3 aromatic carbocycles. The van der Waals surface area contributed by atoms with Crippen LogP contribution in [0, 0.1) is 0 Å². The second kappa shape index (κ2) is 15.0. The van der Waals surface area contributed by atoms with Crippen molar-refractivity contribution in [2.45, 2.75) is 77.2 Å². The van der Waals surface area contributed by atoms with Crippen LogP contribution in [0.4, 0.5) is 0 Å². The zero-order valence-corrected chi connectivity index (χ0v) is 25.0. The number of aryl methyl sites for hydroxylation is 1. The number of piperidine rings is 1. The number of hydrogen-bond acceptors (Lipinski definition) is 4. The van der Waals surface area contributed by atoms with Gasteiger partial charge in [-0.25, -0.2) is 0 Å². The molecule has 0 aliphatic carbocycles. The smallest absolute Gasteiger partial charge is 0.306 e. The van der Waals surface area contributed by atoms with Crippen LogP contribution in [0.5, 0.6) is 0 Å². The molecule has 1 aliphatic rings. The molecule has 0 bridgehead atoms. The van der Waals surface area contributed by atoms with Crippen LogP contribution in [0.25, 0.3) is 11.1 Å². The van der Waals surface area contributed by atoms with Gasteiger partial charge in [0.1, 0.15) is 0 Å². The van der Waals surface area contributed by atoms with Gasteiger partial charge >= 0.3 is 5.97 Å². The zero-order valence-electron chi connectivity index (χ0n) is 25.0. The standard InChI is InChI=1S/C36H46N2O3/c1-4-26-41-34(39)27-36(3,30-12-7-6-8-13-30)22-11-23-38-24-20-31(21-25-38)37-35(40)33-15-10-9-14-32(33)29-18-16-28(5-2)17-19-29/h6-10,12-19,31H,4-5,11,20-27H2,1-3H3,(H,37,40). The number of hydrogen-bond donors (Lipinski definition) is 1. The molecular weight excluding hydrogens is 508 g/mol. The SMILES string of the molecule is CCCOC(=O)CC(C)(CCCN1CCC(NC(=O)c2ccccc2-c2ccc(CC)cc2)CC1)c1ccccc1. The molecule has 0 aromatic heterocycles. The number of nitrogens with one attached hydrogen (secondary N) is 1. The van der Waals surface area contributed by atoms with E-state index in [1.54, 1.807) is 0 Å². The van der Waals surface area contributed by atoms with E-state index < -0.39 is 0 Å². The third-order valence-electron chi connectivity index (χ3n) is 8.44. The Bertz CT molecular complexity index is 1250. The van der Waals surface area contributed by atoms with Crippen LogP contribution in [-0.4, -0.2) is 49.1 Å². The molecule has 1 saturated heterocycles. The van der Waals surface area contributed by atoms with E-state index in [0.717, 1.165) is 74.8 Å². The van der Waals surface area contributed by atoms with Crippen molar-refractivity contribution in [3.63, 3.8) is 0 Å². The van der Waals surface area contributed by atoms with E-state index in [0.29, 0.717) is 13.0 Å². The Kier molecular flexibility index (Phi) is 11.1. The first kappa shape index (κ1) is 30.5. The average molecular weight is 555 g/mol. The molecule has 5 heteroatoms. The molecule has 1 fully saturated rings. The highest BCUT2D eigenvalue weighted by molar-refractivity contribution is 6.01. The number of esters is 1. The van der Waals surface area contributed by atoms with Crippen molar-refractivity contribution in [2.75, 3.05) is 26.2 Å². The summed E-state index contributed by atoms with van der Waals surface area (Å²) in [6.45, 7) is 9.75. The van der Waals surface area contributed by atoms with Gasteiger partial charge in [0.15, 0.2) is 0 Å². The monoisotopic (exact) mass is 554 g/mol. The predicted octanol–water partition coefficient (Wildman–Crippen LogP) is 7.19. The Labute approximate surface area is 246 Å². The first-order valence-electron chi connectivity index (χ1n) is 15.3. The van der Waals surface area contributed by atoms with E-state index in [1.807, 2.05) is 49.4 Å². The van der Waals surface area contributed by atoms with E-state index in [2.05, 4.69) is 60.5 Å². The number of nitrogens with zero attached hydrogens (tertiary/aromatic N) is 1. The van der Waals surface area contributed by atoms with Gasteiger partial charge in [-0.05, 0) is 73.4 Å². The molecule has 5 nitrogen and oxygen atoms in total. The second-order valence-corrected chi connectivity index (χ2v) is 11.6. The van der Waals surface area contributed by atoms with E-state index >= 15 is 0 Å². The van der Waals surface area contributed by atoms with Crippen LogP contribution in [0.1, 0.15) is 80.8 Å². The Morgan fingerprint density at radius 2 is 1.61 bits per heavy atom. The molecule has 0 radical (unpaired) electrons. The van der Waals surface area contributed by atoms with Gasteiger partial charge < -0.3 is 15.0 Å². The van der Waals surface area contributed by atoms with Crippen LogP contribution in [-0.2, 0) is 21.4 Å². The maximum atomic E-state index is 13.3. The Morgan fingerprint density at radius 1 is 0.927 bits per heavy atom. The van der Waals surface area contributed by atoms with Crippen LogP contribution >= 0.6 is 0 Å². The number of benzene rings is 3. The molecular formula is C36H46N2O3. The summed E-state index contributed by atoms with van der Waals surface area (Å²) < 4.78 is 5.44. The highest BCUT2D eigenvalue weighted by Gasteiger charge is 2.30. The molecule has 1 amide bonds. The molecule has 0 saturated carbocycles. The van der Waals surface area contributed by atoms with Crippen LogP contribution < -0.4 is 5.32 Å². The van der Waals surface area contributed by atoms with E-state index in [4.69, 9.17) is 4.74 Å². The lowest BCUT2D eigenvalue weighted by atomic mass is 9.76. The van der Waals surface area contributed by atoms with Gasteiger partial charge in [0.25, 0.3) is 5.91 Å². The van der Waals surface area contributed by atoms with Gasteiger partial charge in [0, 0.05) is 30.1 Å². The minimum atomic E-state index is -0.247. The lowest BCUT2D eigenvalue weighted by Crippen LogP contribution is -2.45. The molecule has 3 aromatic rings. The van der Waals surface area contributed by atoms with Crippen molar-refractivity contribution < 1.29 is 14.3 Å². The van der Waals surface area contributed by atoms with Gasteiger partial charge in [-0.3, -0.25) is 9.59 Å². The van der Waals surface area contributed by atoms with E-state index in [1.165, 1.54) is 11.1 Å². The van der Waals surface area contributed by atoms with Crippen molar-refractivity contribution in [1.29, 1.82) is 0 Å². The fourth-order valence-electron chi connectivity index (χ4n) is 5.87. The third-order valence-corrected chi connectivity index (χ3v) is 8.44. The second-order valence-electron chi connectivity index (χ2n) is 11.6. The maximum absolute atomic E-state index is 13.3. The number of amides is 1. The van der Waals surface area contributed by atoms with Crippen LogP contribution in [0.2, 0.25) is 0 Å². The average Bonchev–Trinajstić information content (AvgIpc) is 3.01. The molecule has 1 heterocycles. The number of likely N-dealkylation sites (tertiary alicyclic amines) is 1. The normalized spacial score (nSPS) is 15.7. The Morgan fingerprint density at radius 3 is 2.29 bits per heavy atom. The van der Waals surface area contributed by atoms with Crippen LogP contribution in [0.15, 0.2) is 78.9 Å². The summed E-state index contributed by atoms with van der Waals surface area (Å²) in [6.07, 6.45) is 6.05. The van der Waals surface area contributed by atoms with Crippen molar-refractivity contribution in [2.24, 2.45) is 0 Å². The molecule has 1 unspecified atom stereocenters. The van der Waals surface area contributed by atoms with Gasteiger partial charge in [0.05, 0.1) is 13.0 Å². The summed E-state index contributed by atoms with van der Waals surface area (Å²) >= 11 is 0. The highest BCUT2D eigenvalue weighted by Crippen LogP contribution is 2.33. The molecule has 0 spiro atoms. The number of carbonyl (C=O) groups is 2. The van der Waals surface area contributed by atoms with E-state index in [-0.39, 0.29) is 23.3 Å². The van der Waals surface area contributed by atoms with Gasteiger partial charge in [0.2, 0.25) is 0 Å². The summed E-state index contributed by atoms with van der Waals surface area (Å²) in [5.74, 6) is -0.110. The quantitative estimate of drug-likeness (QED) is 0.227. The summed E-state index contributed by atoms with van der Waals surface area (Å²) in [7, 11) is 0. The maximum Gasteiger partial charge on any atom is 0.306 e. The fourth-order valence-corrected chi connectivity index (χ4v) is 5.87. The lowest BCUT2D eigenvalue weighted by Gasteiger charge is -2.34. The number of ether oxygens (including phenoxy) is 1. The summed E-state index contributed by atoms with van der Waals surface area (Å²) in [4.78, 5) is 28.4. The molecule has 1 atom stereocenters. The van der Waals surface area contributed by atoms with E-state index in [9.17, 15) is 9.59 Å². The molecule has 4 rings (SSSR count). The molecule has 1 aliphatic heterocycles. The molecule has 1 N–H and O–H groups in total. The first-order valence-corrected chi connectivity index (χ1v) is 15.3. The molecule has 41 heavy (non-hydrogen) atoms. The van der Waals surface area contributed by atoms with Crippen molar-refractivity contribution in [3.05, 3.63) is 95.6 Å². The van der Waals surface area contributed by atoms with Gasteiger partial charge in [-0.2, -0.15) is 0 Å². The lowest BCUT2D eigenvalue weighted by molar-refractivity contribution is -0.145. The number of carbonyl (C=O) groups excluding carboxylic acids is 2. The zero-order chi connectivity index (χ0) is 29.1. The predicted molar refractivity (Wildman–Crippen MR) is 167 cm³/mol. The fraction of sp³-hybridized carbons (Fsp3) is 0.444. The summed E-state index contributed by atoms with van der Waals surface area (Å²) in [5, 5.41) is 3.31. The van der Waals surface area contributed by atoms with Crippen molar-refractivity contribution in [3.8, 4) is 11.1 Å². The Balaban J connectivity index is 1.28. The largest absolute Gasteiger partial charge is 0.466 e. The summed E-state index contributed by atoms with van der Waals surface area (Å²) in [6, 6.07) is 26.9. The Hall–Kier alpha value is -3.44. The third kappa shape index (κ3) is 8.53. The van der Waals surface area contributed by atoms with Gasteiger partial charge in [-0.15, -0.1) is 0 Å². The van der Waals surface area contributed by atoms with Crippen molar-refractivity contribution >= 4 is 11.9 Å². The highest BCUT2D eigenvalue weighted by atomic mass is 16.5. The van der Waals surface area contributed by atoms with Crippen molar-refractivity contribution in [1.82, 2.24) is 10.2 Å². The van der Waals surface area contributed by atoms with Gasteiger partial charge in [-0.1, -0.05) is 93.6 Å². The molecule has 218 valence electrons. The minimum Gasteiger partial charge on any atom is -0.466 e. The minimum absolute atomic E-state index is 0.00667. The van der Waals surface area contributed by atoms with Crippen LogP contribution in [0.3, 0.4) is 0 Å². The topological polar surface area (TPSA) is 58.6 Å². The number of rotatable bonds is 13. The summed E-state index contributed by atoms with van der Waals surface area (Å²) in [5.41, 5.74) is 5.02.